The Morgan fingerprint density at radius 2 is 1.67 bits per heavy atom. The first-order valence-electron chi connectivity index (χ1n) is 10.8. The zero-order valence-electron chi connectivity index (χ0n) is 19.3. The van der Waals surface area contributed by atoms with Crippen LogP contribution in [0.2, 0.25) is 0 Å². The molecule has 8 heteroatoms. The lowest BCUT2D eigenvalue weighted by molar-refractivity contribution is -0.140. The van der Waals surface area contributed by atoms with Crippen molar-refractivity contribution in [1.29, 1.82) is 0 Å². The summed E-state index contributed by atoms with van der Waals surface area (Å²) in [7, 11) is 3.07. The van der Waals surface area contributed by atoms with Gasteiger partial charge in [0.25, 0.3) is 11.7 Å². The summed E-state index contributed by atoms with van der Waals surface area (Å²) in [4.78, 5) is 30.0. The standard InChI is InChI=1S/C25H29BrN2O5/c1-5-27(6-2)13-14-28-22(17-9-12-19(32-3)20(15-17)33-4)21(24(30)25(28)31)23(29)16-7-10-18(26)11-8-16/h7-12,15,22,29H,5-6,13-14H2,1-4H3/t22-/m0/s1. The van der Waals surface area contributed by atoms with Crippen molar-refractivity contribution in [1.82, 2.24) is 9.80 Å². The van der Waals surface area contributed by atoms with Crippen LogP contribution in [-0.4, -0.2) is 67.0 Å². The first-order valence-corrected chi connectivity index (χ1v) is 11.6. The third-order valence-corrected chi connectivity index (χ3v) is 6.46. The second kappa shape index (κ2) is 10.9. The number of ether oxygens (including phenoxy) is 2. The summed E-state index contributed by atoms with van der Waals surface area (Å²) < 4.78 is 11.6. The number of ketones is 1. The monoisotopic (exact) mass is 516 g/mol. The van der Waals surface area contributed by atoms with Gasteiger partial charge in [-0.2, -0.15) is 0 Å². The number of methoxy groups -OCH3 is 2. The molecule has 1 atom stereocenters. The molecule has 2 aromatic rings. The van der Waals surface area contributed by atoms with E-state index in [1.54, 1.807) is 49.6 Å². The SMILES string of the molecule is CCN(CC)CCN1C(=O)C(=O)C(=C(O)c2ccc(Br)cc2)[C@@H]1c1ccc(OC)c(OC)c1. The van der Waals surface area contributed by atoms with E-state index >= 15 is 0 Å². The van der Waals surface area contributed by atoms with Crippen molar-refractivity contribution >= 4 is 33.4 Å². The summed E-state index contributed by atoms with van der Waals surface area (Å²) in [5, 5.41) is 11.1. The molecule has 1 fully saturated rings. The Labute approximate surface area is 202 Å². The van der Waals surface area contributed by atoms with Crippen molar-refractivity contribution in [2.45, 2.75) is 19.9 Å². The molecular weight excluding hydrogens is 488 g/mol. The number of hydrogen-bond donors (Lipinski definition) is 1. The van der Waals surface area contributed by atoms with Crippen LogP contribution in [0, 0.1) is 0 Å². The van der Waals surface area contributed by atoms with Gasteiger partial charge in [0.1, 0.15) is 5.76 Å². The Bertz CT molecular complexity index is 1050. The molecule has 176 valence electrons. The van der Waals surface area contributed by atoms with Crippen LogP contribution in [0.1, 0.15) is 31.0 Å². The summed E-state index contributed by atoms with van der Waals surface area (Å²) in [6.45, 7) is 6.74. The van der Waals surface area contributed by atoms with Gasteiger partial charge in [0.2, 0.25) is 0 Å². The molecule has 0 aromatic heterocycles. The van der Waals surface area contributed by atoms with Gasteiger partial charge in [-0.15, -0.1) is 0 Å². The van der Waals surface area contributed by atoms with E-state index in [1.807, 2.05) is 0 Å². The van der Waals surface area contributed by atoms with Crippen molar-refractivity contribution in [3.8, 4) is 11.5 Å². The zero-order valence-corrected chi connectivity index (χ0v) is 20.9. The number of amides is 1. The van der Waals surface area contributed by atoms with Gasteiger partial charge in [0.15, 0.2) is 11.5 Å². The molecular formula is C25H29BrN2O5. The van der Waals surface area contributed by atoms with Crippen molar-refractivity contribution in [3.05, 3.63) is 63.6 Å². The van der Waals surface area contributed by atoms with Gasteiger partial charge in [-0.25, -0.2) is 0 Å². The second-order valence-electron chi connectivity index (χ2n) is 7.64. The number of halogens is 1. The Hall–Kier alpha value is -2.84. The molecule has 0 spiro atoms. The fourth-order valence-corrected chi connectivity index (χ4v) is 4.30. The predicted molar refractivity (Wildman–Crippen MR) is 130 cm³/mol. The van der Waals surface area contributed by atoms with Crippen LogP contribution >= 0.6 is 15.9 Å². The molecule has 1 amide bonds. The maximum atomic E-state index is 13.2. The van der Waals surface area contributed by atoms with Crippen molar-refractivity contribution in [3.63, 3.8) is 0 Å². The minimum Gasteiger partial charge on any atom is -0.507 e. The van der Waals surface area contributed by atoms with Gasteiger partial charge in [-0.1, -0.05) is 48.0 Å². The maximum Gasteiger partial charge on any atom is 0.295 e. The number of nitrogens with zero attached hydrogens (tertiary/aromatic N) is 2. The number of carbonyl (C=O) groups excluding carboxylic acids is 2. The van der Waals surface area contributed by atoms with Gasteiger partial charge in [0.05, 0.1) is 25.8 Å². The lowest BCUT2D eigenvalue weighted by atomic mass is 9.95. The van der Waals surface area contributed by atoms with Crippen molar-refractivity contribution in [2.24, 2.45) is 0 Å². The number of likely N-dealkylation sites (tertiary alicyclic amines) is 1. The largest absolute Gasteiger partial charge is 0.507 e. The van der Waals surface area contributed by atoms with Crippen LogP contribution in [0.25, 0.3) is 5.76 Å². The normalized spacial score (nSPS) is 17.6. The average Bonchev–Trinajstić information content (AvgIpc) is 3.09. The zero-order chi connectivity index (χ0) is 24.1. The van der Waals surface area contributed by atoms with Gasteiger partial charge in [-0.3, -0.25) is 9.59 Å². The summed E-state index contributed by atoms with van der Waals surface area (Å²) in [6, 6.07) is 11.5. The fourth-order valence-electron chi connectivity index (χ4n) is 4.03. The highest BCUT2D eigenvalue weighted by Crippen LogP contribution is 2.41. The third-order valence-electron chi connectivity index (χ3n) is 5.93. The molecule has 33 heavy (non-hydrogen) atoms. The van der Waals surface area contributed by atoms with E-state index in [9.17, 15) is 14.7 Å². The number of carbonyl (C=O) groups is 2. The topological polar surface area (TPSA) is 79.3 Å². The Morgan fingerprint density at radius 3 is 2.24 bits per heavy atom. The van der Waals surface area contributed by atoms with Crippen LogP contribution in [0.4, 0.5) is 0 Å². The number of rotatable bonds is 9. The number of aliphatic hydroxyl groups is 1. The number of likely N-dealkylation sites (N-methyl/N-ethyl adjacent to an activating group) is 1. The molecule has 0 unspecified atom stereocenters. The number of aliphatic hydroxyl groups excluding tert-OH is 1. The van der Waals surface area contributed by atoms with E-state index in [4.69, 9.17) is 9.47 Å². The number of Topliss-reactive ketones (excluding diaryl/α,β-unsaturated/α-hetero) is 1. The molecule has 1 aliphatic heterocycles. The van der Waals surface area contributed by atoms with Crippen LogP contribution in [-0.2, 0) is 9.59 Å². The summed E-state index contributed by atoms with van der Waals surface area (Å²) in [6.07, 6.45) is 0. The smallest absolute Gasteiger partial charge is 0.295 e. The van der Waals surface area contributed by atoms with E-state index in [0.717, 1.165) is 17.6 Å². The Morgan fingerprint density at radius 1 is 1.03 bits per heavy atom. The molecule has 0 bridgehead atoms. The van der Waals surface area contributed by atoms with E-state index in [0.29, 0.717) is 35.7 Å². The molecule has 0 radical (unpaired) electrons. The highest BCUT2D eigenvalue weighted by atomic mass is 79.9. The molecule has 1 heterocycles. The average molecular weight is 517 g/mol. The van der Waals surface area contributed by atoms with E-state index < -0.39 is 17.7 Å². The maximum absolute atomic E-state index is 13.2. The number of benzene rings is 2. The van der Waals surface area contributed by atoms with Gasteiger partial charge in [-0.05, 0) is 42.9 Å². The minimum atomic E-state index is -0.746. The summed E-state index contributed by atoms with van der Waals surface area (Å²) >= 11 is 3.38. The Kier molecular flexibility index (Phi) is 8.15. The highest BCUT2D eigenvalue weighted by Gasteiger charge is 2.46. The van der Waals surface area contributed by atoms with Crippen molar-refractivity contribution in [2.75, 3.05) is 40.4 Å². The molecule has 1 aliphatic rings. The van der Waals surface area contributed by atoms with E-state index in [1.165, 1.54) is 12.0 Å². The molecule has 1 saturated heterocycles. The van der Waals surface area contributed by atoms with Crippen LogP contribution in [0.15, 0.2) is 52.5 Å². The van der Waals surface area contributed by atoms with E-state index in [-0.39, 0.29) is 11.3 Å². The Balaban J connectivity index is 2.14. The van der Waals surface area contributed by atoms with Gasteiger partial charge < -0.3 is 24.4 Å². The molecule has 0 aliphatic carbocycles. The quantitative estimate of drug-likeness (QED) is 0.305. The summed E-state index contributed by atoms with van der Waals surface area (Å²) in [5.74, 6) is -0.511. The number of hydrogen-bond acceptors (Lipinski definition) is 6. The second-order valence-corrected chi connectivity index (χ2v) is 8.56. The van der Waals surface area contributed by atoms with Crippen LogP contribution in [0.5, 0.6) is 11.5 Å². The van der Waals surface area contributed by atoms with E-state index in [2.05, 4.69) is 34.7 Å². The van der Waals surface area contributed by atoms with Crippen LogP contribution in [0.3, 0.4) is 0 Å². The van der Waals surface area contributed by atoms with Gasteiger partial charge >= 0.3 is 0 Å². The first-order chi connectivity index (χ1) is 15.9. The molecule has 0 saturated carbocycles. The van der Waals surface area contributed by atoms with Gasteiger partial charge in [0, 0.05) is 23.1 Å². The fraction of sp³-hybridized carbons (Fsp3) is 0.360. The van der Waals surface area contributed by atoms with Crippen molar-refractivity contribution < 1.29 is 24.2 Å². The molecule has 3 rings (SSSR count). The van der Waals surface area contributed by atoms with Crippen LogP contribution < -0.4 is 9.47 Å². The first kappa shape index (κ1) is 24.8. The molecule has 2 aromatic carbocycles. The molecule has 7 nitrogen and oxygen atoms in total. The third kappa shape index (κ3) is 5.07. The summed E-state index contributed by atoms with van der Waals surface area (Å²) in [5.41, 5.74) is 1.18. The highest BCUT2D eigenvalue weighted by molar-refractivity contribution is 9.10. The molecule has 1 N–H and O–H groups in total. The lowest BCUT2D eigenvalue weighted by Gasteiger charge is -2.28. The minimum absolute atomic E-state index is 0.0640. The lowest BCUT2D eigenvalue weighted by Crippen LogP contribution is -2.38. The predicted octanol–water partition coefficient (Wildman–Crippen LogP) is 4.23.